The maximum absolute atomic E-state index is 10.7. The first-order valence-electron chi connectivity index (χ1n) is 13.5. The molecule has 0 aromatic rings. The van der Waals surface area contributed by atoms with Gasteiger partial charge in [0.15, 0.2) is 0 Å². The van der Waals surface area contributed by atoms with Gasteiger partial charge in [-0.3, -0.25) is 0 Å². The molecule has 5 aliphatic rings. The molecule has 0 spiro atoms. The minimum Gasteiger partial charge on any atom is -0.393 e. The standard InChI is InChI=1S/C28H46O3/c1-27-15-11-25-23(8-6-21-18-22(29)10-14-28(21,25)2)24(27)9-7-20(27)4-3-5-26(30)19-12-16-31-17-13-19/h6,19-20,22-26,29-30H,3-5,7-18H2,1-2H3/t20-,22-,23-,24?,25?,26?,27+,28-/m0/s1. The molecule has 1 heterocycles. The number of hydrogen-bond donors (Lipinski definition) is 2. The Morgan fingerprint density at radius 3 is 2.65 bits per heavy atom. The summed E-state index contributed by atoms with van der Waals surface area (Å²) in [6, 6.07) is 0. The molecule has 3 unspecified atom stereocenters. The van der Waals surface area contributed by atoms with Gasteiger partial charge in [-0.15, -0.1) is 0 Å². The van der Waals surface area contributed by atoms with Crippen molar-refractivity contribution in [1.29, 1.82) is 0 Å². The van der Waals surface area contributed by atoms with Gasteiger partial charge in [-0.1, -0.05) is 31.9 Å². The maximum Gasteiger partial charge on any atom is 0.0577 e. The van der Waals surface area contributed by atoms with E-state index < -0.39 is 0 Å². The maximum atomic E-state index is 10.7. The highest BCUT2D eigenvalue weighted by Crippen LogP contribution is 2.66. The zero-order valence-corrected chi connectivity index (χ0v) is 20.0. The summed E-state index contributed by atoms with van der Waals surface area (Å²) in [5.41, 5.74) is 2.46. The summed E-state index contributed by atoms with van der Waals surface area (Å²) in [7, 11) is 0. The van der Waals surface area contributed by atoms with Gasteiger partial charge in [0.2, 0.25) is 0 Å². The van der Waals surface area contributed by atoms with Gasteiger partial charge in [-0.05, 0) is 117 Å². The van der Waals surface area contributed by atoms with Gasteiger partial charge in [0.1, 0.15) is 0 Å². The molecule has 0 amide bonds. The second-order valence-electron chi connectivity index (χ2n) is 12.4. The van der Waals surface area contributed by atoms with Gasteiger partial charge in [-0.25, -0.2) is 0 Å². The van der Waals surface area contributed by atoms with Crippen LogP contribution < -0.4 is 0 Å². The number of hydrogen-bond acceptors (Lipinski definition) is 3. The molecule has 0 aromatic carbocycles. The van der Waals surface area contributed by atoms with Crippen LogP contribution in [0.4, 0.5) is 0 Å². The van der Waals surface area contributed by atoms with Crippen LogP contribution in [0.1, 0.15) is 97.3 Å². The SMILES string of the molecule is C[C@]12CC[C@H](O)CC1=CC[C@@H]1C2CC[C@@]2(C)C1CC[C@@H]2CCCC(O)C1CCOCC1. The number of ether oxygens (including phenoxy) is 1. The molecule has 0 radical (unpaired) electrons. The fourth-order valence-corrected chi connectivity index (χ4v) is 9.13. The van der Waals surface area contributed by atoms with E-state index in [1.807, 2.05) is 0 Å². The smallest absolute Gasteiger partial charge is 0.0577 e. The quantitative estimate of drug-likeness (QED) is 0.535. The average molecular weight is 431 g/mol. The van der Waals surface area contributed by atoms with Crippen molar-refractivity contribution in [1.82, 2.24) is 0 Å². The number of aliphatic hydroxyl groups is 2. The van der Waals surface area contributed by atoms with E-state index >= 15 is 0 Å². The molecule has 1 saturated heterocycles. The molecule has 0 bridgehead atoms. The highest BCUT2D eigenvalue weighted by molar-refractivity contribution is 5.25. The molecule has 31 heavy (non-hydrogen) atoms. The van der Waals surface area contributed by atoms with Crippen LogP contribution in [0.5, 0.6) is 0 Å². The van der Waals surface area contributed by atoms with Gasteiger partial charge < -0.3 is 14.9 Å². The lowest BCUT2D eigenvalue weighted by atomic mass is 9.47. The molecule has 3 saturated carbocycles. The zero-order valence-electron chi connectivity index (χ0n) is 20.0. The van der Waals surface area contributed by atoms with E-state index in [-0.39, 0.29) is 12.2 Å². The number of allylic oxidation sites excluding steroid dienone is 1. The Morgan fingerprint density at radius 1 is 1.03 bits per heavy atom. The molecule has 8 atom stereocenters. The first-order chi connectivity index (χ1) is 14.9. The van der Waals surface area contributed by atoms with Crippen LogP contribution in [0.3, 0.4) is 0 Å². The monoisotopic (exact) mass is 430 g/mol. The van der Waals surface area contributed by atoms with Crippen LogP contribution in [0.15, 0.2) is 11.6 Å². The minimum atomic E-state index is -0.117. The molecule has 3 nitrogen and oxygen atoms in total. The molecular weight excluding hydrogens is 384 g/mol. The lowest BCUT2D eigenvalue weighted by molar-refractivity contribution is -0.0515. The fourth-order valence-electron chi connectivity index (χ4n) is 9.13. The Balaban J connectivity index is 1.21. The van der Waals surface area contributed by atoms with Crippen molar-refractivity contribution in [2.45, 2.75) is 110 Å². The first kappa shape index (κ1) is 22.4. The summed E-state index contributed by atoms with van der Waals surface area (Å²) in [4.78, 5) is 0. The zero-order chi connectivity index (χ0) is 21.6. The third-order valence-electron chi connectivity index (χ3n) is 11.1. The Labute approximate surface area is 190 Å². The van der Waals surface area contributed by atoms with E-state index in [2.05, 4.69) is 19.9 Å². The predicted molar refractivity (Wildman–Crippen MR) is 125 cm³/mol. The van der Waals surface area contributed by atoms with Crippen LogP contribution in [-0.2, 0) is 4.74 Å². The van der Waals surface area contributed by atoms with E-state index in [0.29, 0.717) is 16.7 Å². The molecule has 4 fully saturated rings. The summed E-state index contributed by atoms with van der Waals surface area (Å²) in [6.07, 6.45) is 17.9. The summed E-state index contributed by atoms with van der Waals surface area (Å²) in [6.45, 7) is 6.84. The second kappa shape index (κ2) is 8.76. The largest absolute Gasteiger partial charge is 0.393 e. The van der Waals surface area contributed by atoms with E-state index in [4.69, 9.17) is 4.74 Å². The Bertz CT molecular complexity index is 667. The average Bonchev–Trinajstić information content (AvgIpc) is 3.11. The summed E-state index contributed by atoms with van der Waals surface area (Å²) >= 11 is 0. The van der Waals surface area contributed by atoms with Crippen molar-refractivity contribution in [2.75, 3.05) is 13.2 Å². The number of rotatable bonds is 5. The molecule has 176 valence electrons. The molecule has 2 N–H and O–H groups in total. The molecule has 1 aliphatic heterocycles. The van der Waals surface area contributed by atoms with Crippen LogP contribution in [0, 0.1) is 40.4 Å². The number of fused-ring (bicyclic) bond motifs is 5. The van der Waals surface area contributed by atoms with Crippen molar-refractivity contribution in [3.63, 3.8) is 0 Å². The molecule has 5 rings (SSSR count). The Morgan fingerprint density at radius 2 is 1.84 bits per heavy atom. The van der Waals surface area contributed by atoms with E-state index in [9.17, 15) is 10.2 Å². The van der Waals surface area contributed by atoms with Crippen molar-refractivity contribution in [3.05, 3.63) is 11.6 Å². The van der Waals surface area contributed by atoms with Crippen LogP contribution in [0.2, 0.25) is 0 Å². The van der Waals surface area contributed by atoms with Crippen molar-refractivity contribution in [2.24, 2.45) is 40.4 Å². The first-order valence-corrected chi connectivity index (χ1v) is 13.5. The van der Waals surface area contributed by atoms with Crippen molar-refractivity contribution < 1.29 is 14.9 Å². The topological polar surface area (TPSA) is 49.7 Å². The molecule has 3 heteroatoms. The molecular formula is C28H46O3. The third-order valence-corrected chi connectivity index (χ3v) is 11.1. The van der Waals surface area contributed by atoms with E-state index in [0.717, 1.165) is 69.0 Å². The van der Waals surface area contributed by atoms with Gasteiger partial charge in [0, 0.05) is 13.2 Å². The molecule has 4 aliphatic carbocycles. The van der Waals surface area contributed by atoms with E-state index in [1.54, 1.807) is 5.57 Å². The third kappa shape index (κ3) is 3.95. The van der Waals surface area contributed by atoms with E-state index in [1.165, 1.54) is 51.4 Å². The van der Waals surface area contributed by atoms with Gasteiger partial charge in [0.25, 0.3) is 0 Å². The van der Waals surface area contributed by atoms with Crippen molar-refractivity contribution >= 4 is 0 Å². The summed E-state index contributed by atoms with van der Waals surface area (Å²) < 4.78 is 5.47. The fraction of sp³-hybridized carbons (Fsp3) is 0.929. The van der Waals surface area contributed by atoms with Crippen LogP contribution >= 0.6 is 0 Å². The Kier molecular flexibility index (Phi) is 6.34. The second-order valence-corrected chi connectivity index (χ2v) is 12.4. The minimum absolute atomic E-state index is 0.0999. The highest BCUT2D eigenvalue weighted by Gasteiger charge is 2.58. The molecule has 0 aromatic heterocycles. The lowest BCUT2D eigenvalue weighted by Gasteiger charge is -2.58. The predicted octanol–water partition coefficient (Wildman–Crippen LogP) is 5.88. The van der Waals surface area contributed by atoms with Gasteiger partial charge in [-0.2, -0.15) is 0 Å². The van der Waals surface area contributed by atoms with Gasteiger partial charge in [0.05, 0.1) is 12.2 Å². The lowest BCUT2D eigenvalue weighted by Crippen LogP contribution is -2.50. The summed E-state index contributed by atoms with van der Waals surface area (Å²) in [5, 5.41) is 20.9. The van der Waals surface area contributed by atoms with Crippen molar-refractivity contribution in [3.8, 4) is 0 Å². The van der Waals surface area contributed by atoms with Crippen LogP contribution in [0.25, 0.3) is 0 Å². The van der Waals surface area contributed by atoms with Crippen LogP contribution in [-0.4, -0.2) is 35.6 Å². The highest BCUT2D eigenvalue weighted by atomic mass is 16.5. The van der Waals surface area contributed by atoms with Gasteiger partial charge >= 0.3 is 0 Å². The number of aliphatic hydroxyl groups excluding tert-OH is 2. The summed E-state index contributed by atoms with van der Waals surface area (Å²) in [5.74, 6) is 3.91. The Hall–Kier alpha value is -0.380. The normalized spacial score (nSPS) is 46.6.